The third-order valence-corrected chi connectivity index (χ3v) is 29.4. The van der Waals surface area contributed by atoms with Gasteiger partial charge in [-0.05, 0) is 150 Å². The zero-order chi connectivity index (χ0) is 74.8. The highest BCUT2D eigenvalue weighted by atomic mass is 31.2. The van der Waals surface area contributed by atoms with Crippen molar-refractivity contribution in [2.45, 2.75) is 229 Å². The van der Waals surface area contributed by atoms with Gasteiger partial charge in [0, 0.05) is 92.4 Å². The van der Waals surface area contributed by atoms with E-state index in [0.29, 0.717) is 46.9 Å². The lowest BCUT2D eigenvalue weighted by atomic mass is 9.76. The maximum Gasteiger partial charge on any atom is 0.462 e. The molecule has 0 saturated heterocycles. The predicted octanol–water partition coefficient (Wildman–Crippen LogP) is 26.9. The van der Waals surface area contributed by atoms with Gasteiger partial charge in [0.25, 0.3) is 0 Å². The number of rotatable bonds is 40. The number of allylic oxidation sites excluding steroid dienone is 4. The fraction of sp³-hybridized carbons (Fsp3) is 0.391. The van der Waals surface area contributed by atoms with E-state index in [1.165, 1.54) is 0 Å². The van der Waals surface area contributed by atoms with Crippen LogP contribution in [-0.2, 0) is 18.3 Å². The summed E-state index contributed by atoms with van der Waals surface area (Å²) in [6.45, 7) is 16.0. The fourth-order valence-electron chi connectivity index (χ4n) is 16.5. The predicted molar refractivity (Wildman–Crippen MR) is 441 cm³/mol. The molecule has 0 radical (unpaired) electrons. The molecule has 8 aromatic rings. The molecule has 0 aromatic heterocycles. The maximum absolute atomic E-state index is 16.9. The summed E-state index contributed by atoms with van der Waals surface area (Å²) in [6, 6.07) is 52.2. The third kappa shape index (κ3) is 18.4. The molecule has 108 heavy (non-hydrogen) atoms. The summed E-state index contributed by atoms with van der Waals surface area (Å²) in [5.41, 5.74) is 6.14. The zero-order valence-corrected chi connectivity index (χ0v) is 66.5. The minimum absolute atomic E-state index is 0.266. The first-order valence-corrected chi connectivity index (χ1v) is 46.4. The Kier molecular flexibility index (Phi) is 26.9. The first-order chi connectivity index (χ1) is 52.8. The molecule has 13 rings (SSSR count). The fourth-order valence-corrected chi connectivity index (χ4v) is 22.9. The van der Waals surface area contributed by atoms with Crippen LogP contribution >= 0.6 is 30.4 Å². The smallest absolute Gasteiger partial charge is 0.412 e. The van der Waals surface area contributed by atoms with Gasteiger partial charge in [-0.25, -0.2) is 18.3 Å². The molecule has 12 nitrogen and oxygen atoms in total. The normalized spacial score (nSPS) is 21.7. The molecule has 0 amide bonds. The number of hydrogen-bond donors (Lipinski definition) is 0. The molecule has 5 aliphatic rings. The van der Waals surface area contributed by atoms with Gasteiger partial charge in [-0.15, -0.1) is 26.3 Å². The van der Waals surface area contributed by atoms with Crippen LogP contribution in [0.1, 0.15) is 274 Å². The molecule has 16 heteroatoms. The van der Waals surface area contributed by atoms with Crippen molar-refractivity contribution in [2.75, 3.05) is 0 Å². The molecular weight excluding hydrogens is 1420 g/mol. The van der Waals surface area contributed by atoms with Crippen molar-refractivity contribution in [1.29, 1.82) is 0 Å². The average molecular weight is 1530 g/mol. The highest BCUT2D eigenvalue weighted by Crippen LogP contribution is 2.66. The lowest BCUT2D eigenvalue weighted by Gasteiger charge is -2.37. The van der Waals surface area contributed by atoms with Crippen molar-refractivity contribution < 1.29 is 54.5 Å². The van der Waals surface area contributed by atoms with Crippen molar-refractivity contribution in [3.05, 3.63) is 265 Å². The second kappa shape index (κ2) is 37.2. The largest absolute Gasteiger partial charge is 0.462 e. The molecule has 0 N–H and O–H groups in total. The number of hydrogen-bond acceptors (Lipinski definition) is 12. The molecule has 8 bridgehead atoms. The van der Waals surface area contributed by atoms with Gasteiger partial charge in [-0.3, -0.25) is 0 Å². The first kappa shape index (κ1) is 78.2. The zero-order valence-electron chi connectivity index (χ0n) is 62.9. The lowest BCUT2D eigenvalue weighted by molar-refractivity contribution is 0.370. The Morgan fingerprint density at radius 1 is 0.222 bits per heavy atom. The number of unbranched alkanes of at least 4 members (excludes halogenated alkanes) is 24. The number of benzene rings is 8. The molecule has 1 aliphatic carbocycles. The van der Waals surface area contributed by atoms with Crippen LogP contribution in [0.2, 0.25) is 0 Å². The Morgan fingerprint density at radius 3 is 0.546 bits per heavy atom. The standard InChI is InChI=1S/C92H108O12P4/c1-5-9-13-17-21-25-29-45-57-73-77-61-79-74(58-46-30-26-22-18-14-10-6-2)81-63-83-76(60-48-32-28-24-20-16-12-8-4)84-64-82-75(59-47-31-27-23-19-15-11-7-3)80-62-78(73)86-66-88(80)100-107(95,71-53-41-35-42-54-71)102-90(82)68-92(84)104-108(96,72-55-43-36-44-56-72)103-91(83)67-89(81)101-106(94,70-51-39-34-40-52-70)99-87(79)65-85(77)97-105(93,98-86)69-49-37-33-38-50-69/h5-8,33-44,49-56,61-68,73-76H,1-4,9-32,45-48,57-60H2. The van der Waals surface area contributed by atoms with Crippen molar-refractivity contribution in [2.24, 2.45) is 0 Å². The molecule has 0 fully saturated rings. The summed E-state index contributed by atoms with van der Waals surface area (Å²) >= 11 is 0. The minimum Gasteiger partial charge on any atom is -0.412 e. The molecule has 568 valence electrons. The van der Waals surface area contributed by atoms with E-state index in [4.69, 9.17) is 36.2 Å². The Balaban J connectivity index is 1.14. The Bertz CT molecular complexity index is 3880. The molecule has 0 unspecified atom stereocenters. The van der Waals surface area contributed by atoms with Crippen molar-refractivity contribution >= 4 is 51.6 Å². The summed E-state index contributed by atoms with van der Waals surface area (Å²) in [4.78, 5) is 0. The highest BCUT2D eigenvalue weighted by Gasteiger charge is 2.47. The van der Waals surface area contributed by atoms with E-state index in [0.717, 1.165) is 224 Å². The molecule has 4 heterocycles. The third-order valence-electron chi connectivity index (χ3n) is 22.2. The monoisotopic (exact) mass is 1530 g/mol. The Labute approximate surface area is 642 Å². The van der Waals surface area contributed by atoms with Crippen LogP contribution in [0.15, 0.2) is 220 Å². The maximum atomic E-state index is 16.9. The first-order valence-electron chi connectivity index (χ1n) is 40.2. The molecule has 0 spiro atoms. The van der Waals surface area contributed by atoms with E-state index < -0.39 is 54.1 Å². The van der Waals surface area contributed by atoms with Gasteiger partial charge in [0.1, 0.15) is 46.0 Å². The second-order valence-corrected chi connectivity index (χ2v) is 37.4. The van der Waals surface area contributed by atoms with Gasteiger partial charge < -0.3 is 36.2 Å². The molecule has 4 aliphatic heterocycles. The van der Waals surface area contributed by atoms with E-state index in [2.05, 4.69) is 50.6 Å². The summed E-state index contributed by atoms with van der Waals surface area (Å²) < 4.78 is 126. The topological polar surface area (TPSA) is 142 Å². The van der Waals surface area contributed by atoms with E-state index in [1.54, 1.807) is 48.5 Å². The minimum atomic E-state index is -4.53. The summed E-state index contributed by atoms with van der Waals surface area (Å²) in [7, 11) is -18.1. The lowest BCUT2D eigenvalue weighted by Crippen LogP contribution is -2.24. The quantitative estimate of drug-likeness (QED) is 0.0205. The van der Waals surface area contributed by atoms with Crippen LogP contribution in [0.5, 0.6) is 46.0 Å². The van der Waals surface area contributed by atoms with Crippen LogP contribution in [0.4, 0.5) is 0 Å². The van der Waals surface area contributed by atoms with Gasteiger partial charge in [-0.1, -0.05) is 226 Å². The molecule has 8 aromatic carbocycles. The van der Waals surface area contributed by atoms with E-state index in [9.17, 15) is 0 Å². The van der Waals surface area contributed by atoms with Crippen LogP contribution in [-0.4, -0.2) is 0 Å². The van der Waals surface area contributed by atoms with Gasteiger partial charge >= 0.3 is 30.4 Å². The van der Waals surface area contributed by atoms with Gasteiger partial charge in [0.05, 0.1) is 21.2 Å². The average Bonchev–Trinajstić information content (AvgIpc) is 0.722. The summed E-state index contributed by atoms with van der Waals surface area (Å²) in [5.74, 6) is 0.189. The van der Waals surface area contributed by atoms with E-state index in [1.807, 2.05) is 121 Å². The van der Waals surface area contributed by atoms with Crippen molar-refractivity contribution in [3.63, 3.8) is 0 Å². The summed E-state index contributed by atoms with van der Waals surface area (Å²) in [5, 5.41) is 1.21. The van der Waals surface area contributed by atoms with Crippen LogP contribution in [0.3, 0.4) is 0 Å². The van der Waals surface area contributed by atoms with Crippen molar-refractivity contribution in [3.8, 4) is 46.0 Å². The molecular formula is C92H108O12P4. The van der Waals surface area contributed by atoms with Crippen molar-refractivity contribution in [1.82, 2.24) is 0 Å². The molecule has 0 saturated carbocycles. The van der Waals surface area contributed by atoms with Gasteiger partial charge in [0.2, 0.25) is 0 Å². The molecule has 0 atom stereocenters. The van der Waals surface area contributed by atoms with Crippen LogP contribution < -0.4 is 57.4 Å². The van der Waals surface area contributed by atoms with Gasteiger partial charge in [-0.2, -0.15) is 0 Å². The van der Waals surface area contributed by atoms with Crippen LogP contribution in [0.25, 0.3) is 0 Å². The highest BCUT2D eigenvalue weighted by molar-refractivity contribution is 7.64. The van der Waals surface area contributed by atoms with Crippen LogP contribution in [0, 0.1) is 0 Å². The summed E-state index contributed by atoms with van der Waals surface area (Å²) in [6.07, 6.45) is 38.6. The van der Waals surface area contributed by atoms with E-state index >= 15 is 18.3 Å². The van der Waals surface area contributed by atoms with Gasteiger partial charge in [0.15, 0.2) is 0 Å². The SMILES string of the molecule is C=CCCCCCCCCC1c2cc3c4cc2OP(=O)(c2ccccc2)Oc2cc5c(cc21)C(CCCCCCCCC=C)c1cc2c(cc1OP(=O)(c1ccccc1)O5)OP(=O)(c1ccccc1)Oc1cc(c(cc1C2CCCCCCCCC=C)C3CCCCCCCCC=C)OP(=O)(c1ccccc1)O4. The van der Waals surface area contributed by atoms with E-state index in [-0.39, 0.29) is 46.0 Å². The Morgan fingerprint density at radius 2 is 0.380 bits per heavy atom. The second-order valence-electron chi connectivity index (χ2n) is 29.9. The Hall–Kier alpha value is -7.96.